The van der Waals surface area contributed by atoms with E-state index in [1.165, 1.54) is 25.7 Å². The number of ketones is 1. The van der Waals surface area contributed by atoms with Crippen molar-refractivity contribution in [1.82, 2.24) is 0 Å². The SMILES string of the molecule is C[Se]C1(CC(=O)C(C)(C)C)CCC(C(C)(C)C)CC1. The Labute approximate surface area is 126 Å². The molecule has 1 rings (SSSR count). The monoisotopic (exact) mass is 332 g/mol. The minimum absolute atomic E-state index is 0.168. The molecule has 0 amide bonds. The van der Waals surface area contributed by atoms with E-state index in [2.05, 4.69) is 47.4 Å². The van der Waals surface area contributed by atoms with Gasteiger partial charge in [0.15, 0.2) is 0 Å². The summed E-state index contributed by atoms with van der Waals surface area (Å²) >= 11 is 0.580. The molecule has 0 N–H and O–H groups in total. The van der Waals surface area contributed by atoms with Crippen LogP contribution in [0.15, 0.2) is 0 Å². The van der Waals surface area contributed by atoms with E-state index < -0.39 is 0 Å². The van der Waals surface area contributed by atoms with Crippen molar-refractivity contribution in [3.63, 3.8) is 0 Å². The molecule has 0 spiro atoms. The third kappa shape index (κ3) is 4.60. The Hall–Kier alpha value is 0.189. The van der Waals surface area contributed by atoms with Crippen LogP contribution in [0.1, 0.15) is 73.6 Å². The molecule has 0 bridgehead atoms. The second kappa shape index (κ2) is 5.90. The van der Waals surface area contributed by atoms with Crippen LogP contribution in [0.25, 0.3) is 0 Å². The van der Waals surface area contributed by atoms with Crippen LogP contribution >= 0.6 is 0 Å². The molecule has 0 aromatic heterocycles. The summed E-state index contributed by atoms with van der Waals surface area (Å²) < 4.78 is 0.360. The van der Waals surface area contributed by atoms with E-state index in [1.807, 2.05) is 0 Å². The van der Waals surface area contributed by atoms with Gasteiger partial charge in [-0.15, -0.1) is 0 Å². The van der Waals surface area contributed by atoms with E-state index in [1.54, 1.807) is 0 Å². The average molecular weight is 331 g/mol. The molecule has 1 saturated carbocycles. The number of hydrogen-bond acceptors (Lipinski definition) is 1. The van der Waals surface area contributed by atoms with E-state index in [0.717, 1.165) is 12.3 Å². The van der Waals surface area contributed by atoms with Gasteiger partial charge in [-0.2, -0.15) is 0 Å². The van der Waals surface area contributed by atoms with Crippen LogP contribution in [0.3, 0.4) is 0 Å². The molecule has 1 aliphatic carbocycles. The zero-order chi connectivity index (χ0) is 14.9. The molecule has 112 valence electrons. The summed E-state index contributed by atoms with van der Waals surface area (Å²) in [6.45, 7) is 13.3. The van der Waals surface area contributed by atoms with Crippen LogP contribution in [-0.2, 0) is 4.79 Å². The summed E-state index contributed by atoms with van der Waals surface area (Å²) in [5.41, 5.74) is 0.264. The van der Waals surface area contributed by atoms with Crippen molar-refractivity contribution in [2.24, 2.45) is 16.7 Å². The first-order chi connectivity index (χ1) is 8.50. The molecule has 0 saturated heterocycles. The fourth-order valence-corrected chi connectivity index (χ4v) is 4.95. The van der Waals surface area contributed by atoms with Crippen LogP contribution in [-0.4, -0.2) is 20.7 Å². The minimum atomic E-state index is -0.168. The summed E-state index contributed by atoms with van der Waals surface area (Å²) in [7, 11) is 0. The van der Waals surface area contributed by atoms with Gasteiger partial charge in [0.25, 0.3) is 0 Å². The number of carbonyl (C=O) groups is 1. The van der Waals surface area contributed by atoms with Crippen LogP contribution in [0.5, 0.6) is 0 Å². The van der Waals surface area contributed by atoms with E-state index in [9.17, 15) is 4.79 Å². The quantitative estimate of drug-likeness (QED) is 0.655. The fourth-order valence-electron chi connectivity index (χ4n) is 3.02. The van der Waals surface area contributed by atoms with Crippen LogP contribution < -0.4 is 0 Å². The summed E-state index contributed by atoms with van der Waals surface area (Å²) in [5.74, 6) is 3.64. The van der Waals surface area contributed by atoms with E-state index >= 15 is 0 Å². The molecule has 1 nitrogen and oxygen atoms in total. The third-order valence-electron chi connectivity index (χ3n) is 4.87. The summed E-state index contributed by atoms with van der Waals surface area (Å²) in [6, 6.07) is 0. The molecular weight excluding hydrogens is 299 g/mol. The van der Waals surface area contributed by atoms with Gasteiger partial charge in [-0.25, -0.2) is 0 Å². The van der Waals surface area contributed by atoms with E-state index in [4.69, 9.17) is 0 Å². The second-order valence-electron chi connectivity index (χ2n) is 8.38. The molecule has 0 radical (unpaired) electrons. The summed E-state index contributed by atoms with van der Waals surface area (Å²) in [5, 5.41) is 0. The topological polar surface area (TPSA) is 17.1 Å². The molecule has 19 heavy (non-hydrogen) atoms. The molecule has 1 fully saturated rings. The van der Waals surface area contributed by atoms with Crippen LogP contribution in [0.2, 0.25) is 10.1 Å². The Morgan fingerprint density at radius 3 is 1.89 bits per heavy atom. The Morgan fingerprint density at radius 1 is 1.11 bits per heavy atom. The predicted molar refractivity (Wildman–Crippen MR) is 84.8 cm³/mol. The normalized spacial score (nSPS) is 29.3. The van der Waals surface area contributed by atoms with E-state index in [-0.39, 0.29) is 5.41 Å². The second-order valence-corrected chi connectivity index (χ2v) is 11.1. The Morgan fingerprint density at radius 2 is 1.58 bits per heavy atom. The molecule has 1 aliphatic rings. The van der Waals surface area contributed by atoms with Crippen molar-refractivity contribution in [3.05, 3.63) is 0 Å². The van der Waals surface area contributed by atoms with Crippen molar-refractivity contribution in [2.75, 3.05) is 0 Å². The summed E-state index contributed by atoms with van der Waals surface area (Å²) in [6.07, 6.45) is 6.00. The van der Waals surface area contributed by atoms with Gasteiger partial charge in [-0.3, -0.25) is 0 Å². The van der Waals surface area contributed by atoms with Crippen molar-refractivity contribution < 1.29 is 4.79 Å². The molecule has 0 aliphatic heterocycles. The molecule has 0 aromatic rings. The number of carbonyl (C=O) groups excluding carboxylic acids is 1. The molecule has 0 heterocycles. The molecular formula is C17H32OSe. The third-order valence-corrected chi connectivity index (χ3v) is 7.85. The van der Waals surface area contributed by atoms with Crippen molar-refractivity contribution in [3.8, 4) is 0 Å². The number of Topliss-reactive ketones (excluding diaryl/α,β-unsaturated/α-hetero) is 1. The maximum absolute atomic E-state index is 12.4. The van der Waals surface area contributed by atoms with Crippen LogP contribution in [0.4, 0.5) is 0 Å². The first kappa shape index (κ1) is 17.2. The standard InChI is InChI=1S/C17H32OSe/c1-15(2,3)13-8-10-17(19-7,11-9-13)12-14(18)16(4,5)6/h13H,8-12H2,1-7H3. The Bertz CT molecular complexity index is 311. The van der Waals surface area contributed by atoms with Gasteiger partial charge in [0.1, 0.15) is 0 Å². The molecule has 0 aromatic carbocycles. The van der Waals surface area contributed by atoms with E-state index in [0.29, 0.717) is 30.5 Å². The van der Waals surface area contributed by atoms with Gasteiger partial charge < -0.3 is 0 Å². The molecule has 0 atom stereocenters. The van der Waals surface area contributed by atoms with Gasteiger partial charge in [0.2, 0.25) is 0 Å². The van der Waals surface area contributed by atoms with Gasteiger partial charge in [0.05, 0.1) is 0 Å². The first-order valence-corrected chi connectivity index (χ1v) is 10.2. The zero-order valence-corrected chi connectivity index (χ0v) is 15.6. The first-order valence-electron chi connectivity index (χ1n) is 7.59. The molecule has 0 unspecified atom stereocenters. The predicted octanol–water partition coefficient (Wildman–Crippen LogP) is 5.14. The average Bonchev–Trinajstić information content (AvgIpc) is 2.27. The fraction of sp³-hybridized carbons (Fsp3) is 0.941. The molecule has 2 heteroatoms. The van der Waals surface area contributed by atoms with Crippen molar-refractivity contribution in [2.45, 2.75) is 83.8 Å². The number of hydrogen-bond donors (Lipinski definition) is 0. The van der Waals surface area contributed by atoms with Gasteiger partial charge in [0, 0.05) is 0 Å². The van der Waals surface area contributed by atoms with Gasteiger partial charge in [-0.05, 0) is 0 Å². The Kier molecular flexibility index (Phi) is 5.35. The van der Waals surface area contributed by atoms with Crippen LogP contribution in [0, 0.1) is 16.7 Å². The summed E-state index contributed by atoms with van der Waals surface area (Å²) in [4.78, 5) is 12.4. The Balaban J connectivity index is 2.69. The van der Waals surface area contributed by atoms with Crippen molar-refractivity contribution in [1.29, 1.82) is 0 Å². The number of rotatable bonds is 3. The van der Waals surface area contributed by atoms with Crippen molar-refractivity contribution >= 4 is 20.7 Å². The van der Waals surface area contributed by atoms with Gasteiger partial charge in [-0.1, -0.05) is 0 Å². The zero-order valence-electron chi connectivity index (χ0n) is 13.9. The maximum atomic E-state index is 12.4. The van der Waals surface area contributed by atoms with Gasteiger partial charge >= 0.3 is 126 Å².